The summed E-state index contributed by atoms with van der Waals surface area (Å²) in [5.41, 5.74) is 7.11. The fraction of sp³-hybridized carbons (Fsp3) is 0.545. The Morgan fingerprint density at radius 3 is 3.00 bits per heavy atom. The Hall–Kier alpha value is -1.34. The van der Waals surface area contributed by atoms with Crippen LogP contribution in [0.3, 0.4) is 0 Å². The number of nitrogens with zero attached hydrogens (tertiary/aromatic N) is 3. The van der Waals surface area contributed by atoms with Gasteiger partial charge in [-0.2, -0.15) is 0 Å². The number of hydrogen-bond donors (Lipinski definition) is 2. The summed E-state index contributed by atoms with van der Waals surface area (Å²) >= 11 is 1.72. The van der Waals surface area contributed by atoms with Gasteiger partial charge in [0.2, 0.25) is 0 Å². The second-order valence-electron chi connectivity index (χ2n) is 4.36. The number of hydrogen-bond acceptors (Lipinski definition) is 6. The predicted octanol–water partition coefficient (Wildman–Crippen LogP) is 1.45. The summed E-state index contributed by atoms with van der Waals surface area (Å²) < 4.78 is 5.35. The molecule has 0 aromatic carbocycles. The number of nitrogen functional groups attached to an aromatic ring is 1. The highest BCUT2D eigenvalue weighted by molar-refractivity contribution is 7.99. The molecule has 0 bridgehead atoms. The first-order valence-electron chi connectivity index (χ1n) is 5.99. The van der Waals surface area contributed by atoms with Crippen LogP contribution in [0.1, 0.15) is 12.8 Å². The van der Waals surface area contributed by atoms with E-state index in [1.54, 1.807) is 11.8 Å². The van der Waals surface area contributed by atoms with Crippen LogP contribution in [0, 0.1) is 5.92 Å². The van der Waals surface area contributed by atoms with Crippen molar-refractivity contribution in [2.24, 2.45) is 5.92 Å². The van der Waals surface area contributed by atoms with Crippen LogP contribution >= 0.6 is 11.8 Å². The van der Waals surface area contributed by atoms with Crippen LogP contribution < -0.4 is 5.73 Å². The van der Waals surface area contributed by atoms with E-state index in [1.807, 2.05) is 0 Å². The molecule has 18 heavy (non-hydrogen) atoms. The minimum Gasteiger partial charge on any atom is -0.382 e. The van der Waals surface area contributed by atoms with Gasteiger partial charge in [-0.3, -0.25) is 0 Å². The van der Waals surface area contributed by atoms with Gasteiger partial charge in [0, 0.05) is 19.0 Å². The second kappa shape index (κ2) is 5.11. The Morgan fingerprint density at radius 1 is 1.39 bits per heavy atom. The maximum Gasteiger partial charge on any atom is 0.167 e. The Bertz CT molecular complexity index is 537. The van der Waals surface area contributed by atoms with Crippen LogP contribution in [-0.2, 0) is 4.74 Å². The standard InChI is InChI=1S/C11H15N5OS/c12-9-8-10(14-6-13-9)16-11(15-8)18-5-7-1-3-17-4-2-7/h6-7H,1-5H2,(H3,12,13,14,15,16). The number of fused-ring (bicyclic) bond motifs is 1. The monoisotopic (exact) mass is 265 g/mol. The predicted molar refractivity (Wildman–Crippen MR) is 70.4 cm³/mol. The summed E-state index contributed by atoms with van der Waals surface area (Å²) in [6, 6.07) is 0. The number of aromatic nitrogens is 4. The van der Waals surface area contributed by atoms with Crippen LogP contribution in [0.15, 0.2) is 11.5 Å². The molecule has 3 heterocycles. The third-order valence-electron chi connectivity index (χ3n) is 3.09. The van der Waals surface area contributed by atoms with Gasteiger partial charge in [-0.05, 0) is 18.8 Å². The van der Waals surface area contributed by atoms with Crippen molar-refractivity contribution in [1.29, 1.82) is 0 Å². The van der Waals surface area contributed by atoms with Crippen molar-refractivity contribution in [3.05, 3.63) is 6.33 Å². The molecule has 6 nitrogen and oxygen atoms in total. The van der Waals surface area contributed by atoms with Crippen molar-refractivity contribution in [3.8, 4) is 0 Å². The molecule has 0 aliphatic carbocycles. The Kier molecular flexibility index (Phi) is 3.33. The van der Waals surface area contributed by atoms with E-state index in [1.165, 1.54) is 6.33 Å². The van der Waals surface area contributed by atoms with Crippen LogP contribution in [-0.4, -0.2) is 38.9 Å². The lowest BCUT2D eigenvalue weighted by Crippen LogP contribution is -2.17. The van der Waals surface area contributed by atoms with Crippen molar-refractivity contribution in [2.45, 2.75) is 18.0 Å². The van der Waals surface area contributed by atoms with Crippen molar-refractivity contribution in [3.63, 3.8) is 0 Å². The number of H-pyrrole nitrogens is 1. The van der Waals surface area contributed by atoms with Crippen LogP contribution in [0.5, 0.6) is 0 Å². The zero-order chi connectivity index (χ0) is 12.4. The number of ether oxygens (including phenoxy) is 1. The number of thioether (sulfide) groups is 1. The third kappa shape index (κ3) is 2.41. The summed E-state index contributed by atoms with van der Waals surface area (Å²) in [5.74, 6) is 2.19. The summed E-state index contributed by atoms with van der Waals surface area (Å²) in [4.78, 5) is 15.6. The summed E-state index contributed by atoms with van der Waals surface area (Å²) in [7, 11) is 0. The first-order valence-corrected chi connectivity index (χ1v) is 6.98. The molecule has 3 N–H and O–H groups in total. The van der Waals surface area contributed by atoms with Crippen molar-refractivity contribution < 1.29 is 4.74 Å². The van der Waals surface area contributed by atoms with E-state index in [9.17, 15) is 0 Å². The molecular weight excluding hydrogens is 250 g/mol. The molecule has 1 saturated heterocycles. The minimum absolute atomic E-state index is 0.425. The minimum atomic E-state index is 0.425. The molecule has 0 radical (unpaired) electrons. The maximum absolute atomic E-state index is 5.75. The van der Waals surface area contributed by atoms with Gasteiger partial charge < -0.3 is 15.5 Å². The van der Waals surface area contributed by atoms with Crippen LogP contribution in [0.2, 0.25) is 0 Å². The van der Waals surface area contributed by atoms with E-state index in [2.05, 4.69) is 19.9 Å². The van der Waals surface area contributed by atoms with Crippen molar-refractivity contribution >= 4 is 28.7 Å². The molecule has 0 saturated carbocycles. The lowest BCUT2D eigenvalue weighted by molar-refractivity contribution is 0.0728. The highest BCUT2D eigenvalue weighted by atomic mass is 32.2. The van der Waals surface area contributed by atoms with Gasteiger partial charge in [-0.25, -0.2) is 15.0 Å². The lowest BCUT2D eigenvalue weighted by atomic mass is 10.0. The zero-order valence-corrected chi connectivity index (χ0v) is 10.7. The maximum atomic E-state index is 5.75. The highest BCUT2D eigenvalue weighted by Crippen LogP contribution is 2.26. The number of imidazole rings is 1. The van der Waals surface area contributed by atoms with Crippen LogP contribution in [0.25, 0.3) is 11.2 Å². The number of aromatic amines is 1. The Balaban J connectivity index is 1.69. The van der Waals surface area contributed by atoms with Gasteiger partial charge in [0.05, 0.1) is 0 Å². The van der Waals surface area contributed by atoms with E-state index in [0.29, 0.717) is 22.9 Å². The average Bonchev–Trinajstić information content (AvgIpc) is 2.82. The highest BCUT2D eigenvalue weighted by Gasteiger charge is 2.15. The van der Waals surface area contributed by atoms with E-state index in [0.717, 1.165) is 37.0 Å². The van der Waals surface area contributed by atoms with Gasteiger partial charge in [0.15, 0.2) is 22.1 Å². The van der Waals surface area contributed by atoms with Gasteiger partial charge in [0.25, 0.3) is 0 Å². The largest absolute Gasteiger partial charge is 0.382 e. The molecule has 2 aromatic heterocycles. The number of nitrogens with two attached hydrogens (primary N) is 1. The van der Waals surface area contributed by atoms with E-state index >= 15 is 0 Å². The number of rotatable bonds is 3. The fourth-order valence-corrected chi connectivity index (χ4v) is 3.05. The molecule has 3 rings (SSSR count). The SMILES string of the molecule is Nc1ncnc2[nH]c(SCC3CCOCC3)nc12. The molecule has 2 aromatic rings. The first kappa shape index (κ1) is 11.7. The molecule has 7 heteroatoms. The van der Waals surface area contributed by atoms with E-state index < -0.39 is 0 Å². The molecule has 96 valence electrons. The molecule has 1 fully saturated rings. The molecule has 0 atom stereocenters. The lowest BCUT2D eigenvalue weighted by Gasteiger charge is -2.20. The quantitative estimate of drug-likeness (QED) is 0.816. The molecule has 0 spiro atoms. The topological polar surface area (TPSA) is 89.7 Å². The molecule has 0 amide bonds. The summed E-state index contributed by atoms with van der Waals surface area (Å²) in [6.45, 7) is 1.76. The average molecular weight is 265 g/mol. The third-order valence-corrected chi connectivity index (χ3v) is 4.19. The first-order chi connectivity index (χ1) is 8.83. The zero-order valence-electron chi connectivity index (χ0n) is 9.93. The summed E-state index contributed by atoms with van der Waals surface area (Å²) in [5, 5.41) is 0.865. The Labute approximate surface area is 109 Å². The fourth-order valence-electron chi connectivity index (χ4n) is 2.00. The van der Waals surface area contributed by atoms with Crippen molar-refractivity contribution in [2.75, 3.05) is 24.7 Å². The molecule has 0 unspecified atom stereocenters. The van der Waals surface area contributed by atoms with Gasteiger partial charge in [-0.1, -0.05) is 11.8 Å². The van der Waals surface area contributed by atoms with Gasteiger partial charge in [-0.15, -0.1) is 0 Å². The van der Waals surface area contributed by atoms with E-state index in [4.69, 9.17) is 10.5 Å². The second-order valence-corrected chi connectivity index (χ2v) is 5.37. The molecule has 1 aliphatic heterocycles. The molecule has 1 aliphatic rings. The summed E-state index contributed by atoms with van der Waals surface area (Å²) in [6.07, 6.45) is 3.72. The normalized spacial score (nSPS) is 17.3. The number of anilines is 1. The van der Waals surface area contributed by atoms with Gasteiger partial charge >= 0.3 is 0 Å². The smallest absolute Gasteiger partial charge is 0.167 e. The van der Waals surface area contributed by atoms with E-state index in [-0.39, 0.29) is 0 Å². The van der Waals surface area contributed by atoms with Crippen molar-refractivity contribution in [1.82, 2.24) is 19.9 Å². The number of nitrogens with one attached hydrogen (secondary N) is 1. The Morgan fingerprint density at radius 2 is 2.22 bits per heavy atom. The van der Waals surface area contributed by atoms with Crippen LogP contribution in [0.4, 0.5) is 5.82 Å². The van der Waals surface area contributed by atoms with Gasteiger partial charge in [0.1, 0.15) is 6.33 Å². The molecular formula is C11H15N5OS.